The second-order valence-corrected chi connectivity index (χ2v) is 6.13. The minimum absolute atomic E-state index is 0.307. The van der Waals surface area contributed by atoms with Crippen molar-refractivity contribution in [2.45, 2.75) is 39.2 Å². The molecule has 2 rings (SSSR count). The van der Waals surface area contributed by atoms with E-state index in [1.165, 1.54) is 0 Å². The molecule has 0 atom stereocenters. The van der Waals surface area contributed by atoms with E-state index in [0.29, 0.717) is 6.54 Å². The highest BCUT2D eigenvalue weighted by atomic mass is 16.6. The maximum absolute atomic E-state index is 12.5. The van der Waals surface area contributed by atoms with E-state index in [-0.39, 0.29) is 6.09 Å². The molecule has 1 heterocycles. The highest BCUT2D eigenvalue weighted by molar-refractivity contribution is 5.71. The van der Waals surface area contributed by atoms with Gasteiger partial charge in [0.15, 0.2) is 0 Å². The molecule has 0 fully saturated rings. The number of benzene rings is 1. The summed E-state index contributed by atoms with van der Waals surface area (Å²) in [6, 6.07) is 9.98. The fourth-order valence-corrected chi connectivity index (χ4v) is 2.23. The van der Waals surface area contributed by atoms with Crippen LogP contribution >= 0.6 is 0 Å². The summed E-state index contributed by atoms with van der Waals surface area (Å²) in [6.45, 7) is 6.99. The molecule has 1 aliphatic heterocycles. The maximum Gasteiger partial charge on any atom is 0.429 e. The van der Waals surface area contributed by atoms with Gasteiger partial charge < -0.3 is 4.74 Å². The van der Waals surface area contributed by atoms with Crippen molar-refractivity contribution in [1.29, 1.82) is 0 Å². The quantitative estimate of drug-likeness (QED) is 0.732. The first-order chi connectivity index (χ1) is 9.97. The Morgan fingerprint density at radius 3 is 2.52 bits per heavy atom. The molecule has 4 heteroatoms. The van der Waals surface area contributed by atoms with Crippen molar-refractivity contribution in [3.8, 4) is 0 Å². The second-order valence-electron chi connectivity index (χ2n) is 6.13. The molecule has 0 spiro atoms. The predicted molar refractivity (Wildman–Crippen MR) is 85.1 cm³/mol. The Balaban J connectivity index is 2.24. The molecule has 0 saturated heterocycles. The van der Waals surface area contributed by atoms with Crippen molar-refractivity contribution < 1.29 is 9.53 Å². The van der Waals surface area contributed by atoms with Gasteiger partial charge in [-0.2, -0.15) is 0 Å². The highest BCUT2D eigenvalue weighted by Crippen LogP contribution is 2.21. The largest absolute Gasteiger partial charge is 0.442 e. The number of para-hydroxylation sites is 1. The molecule has 1 aromatic carbocycles. The number of nitrogens with zero attached hydrogens (tertiary/aromatic N) is 2. The standard InChI is InChI=1S/C17H24N2O2/c1-17(2,3)21-16(20)19-14-10-5-4-9-13-18(19)15-11-7-6-8-12-15/h5-8,10-12H,4,9,13-14H2,1-3H3/b10-5-. The number of allylic oxidation sites excluding steroid dienone is 1. The lowest BCUT2D eigenvalue weighted by molar-refractivity contribution is 0.0245. The zero-order valence-electron chi connectivity index (χ0n) is 13.1. The summed E-state index contributed by atoms with van der Waals surface area (Å²) in [4.78, 5) is 12.5. The maximum atomic E-state index is 12.5. The zero-order valence-corrected chi connectivity index (χ0v) is 13.1. The Labute approximate surface area is 127 Å². The van der Waals surface area contributed by atoms with Crippen molar-refractivity contribution in [2.75, 3.05) is 18.1 Å². The van der Waals surface area contributed by atoms with Gasteiger partial charge in [-0.05, 0) is 45.7 Å². The van der Waals surface area contributed by atoms with Crippen LogP contribution in [0.2, 0.25) is 0 Å². The number of ether oxygens (including phenoxy) is 1. The summed E-state index contributed by atoms with van der Waals surface area (Å²) in [5.74, 6) is 0. The van der Waals surface area contributed by atoms with Crippen LogP contribution in [0.1, 0.15) is 33.6 Å². The number of amides is 1. The zero-order chi connectivity index (χ0) is 15.3. The van der Waals surface area contributed by atoms with Crippen LogP contribution in [0.4, 0.5) is 10.5 Å². The lowest BCUT2D eigenvalue weighted by Crippen LogP contribution is -2.49. The minimum atomic E-state index is -0.495. The van der Waals surface area contributed by atoms with Gasteiger partial charge in [0, 0.05) is 6.54 Å². The van der Waals surface area contributed by atoms with Crippen molar-refractivity contribution >= 4 is 11.8 Å². The molecule has 0 aliphatic carbocycles. The molecule has 0 bridgehead atoms. The summed E-state index contributed by atoms with van der Waals surface area (Å²) in [7, 11) is 0. The number of hydrogen-bond acceptors (Lipinski definition) is 3. The Bertz CT molecular complexity index is 491. The first-order valence-corrected chi connectivity index (χ1v) is 7.45. The van der Waals surface area contributed by atoms with Crippen molar-refractivity contribution in [2.24, 2.45) is 0 Å². The van der Waals surface area contributed by atoms with E-state index in [1.807, 2.05) is 62.2 Å². The minimum Gasteiger partial charge on any atom is -0.442 e. The number of anilines is 1. The number of rotatable bonds is 1. The average molecular weight is 288 g/mol. The van der Waals surface area contributed by atoms with E-state index < -0.39 is 5.60 Å². The van der Waals surface area contributed by atoms with Gasteiger partial charge in [0.05, 0.1) is 12.2 Å². The molecular weight excluding hydrogens is 264 g/mol. The van der Waals surface area contributed by atoms with Gasteiger partial charge >= 0.3 is 6.09 Å². The molecule has 4 nitrogen and oxygen atoms in total. The van der Waals surface area contributed by atoms with E-state index in [0.717, 1.165) is 25.1 Å². The molecule has 21 heavy (non-hydrogen) atoms. The Morgan fingerprint density at radius 2 is 1.86 bits per heavy atom. The van der Waals surface area contributed by atoms with Crippen molar-refractivity contribution in [1.82, 2.24) is 5.01 Å². The molecule has 0 aromatic heterocycles. The molecule has 0 radical (unpaired) electrons. The van der Waals surface area contributed by atoms with Crippen molar-refractivity contribution in [3.05, 3.63) is 42.5 Å². The van der Waals surface area contributed by atoms with Crippen LogP contribution in [-0.2, 0) is 4.74 Å². The normalized spacial score (nSPS) is 17.9. The van der Waals surface area contributed by atoms with Crippen LogP contribution in [0.25, 0.3) is 0 Å². The van der Waals surface area contributed by atoms with E-state index in [4.69, 9.17) is 4.74 Å². The fourth-order valence-electron chi connectivity index (χ4n) is 2.23. The van der Waals surface area contributed by atoms with Crippen molar-refractivity contribution in [3.63, 3.8) is 0 Å². The van der Waals surface area contributed by atoms with Gasteiger partial charge in [-0.1, -0.05) is 30.4 Å². The molecule has 0 unspecified atom stereocenters. The van der Waals surface area contributed by atoms with Crippen LogP contribution < -0.4 is 5.01 Å². The van der Waals surface area contributed by atoms with Gasteiger partial charge in [0.2, 0.25) is 0 Å². The Kier molecular flexibility index (Phi) is 4.89. The van der Waals surface area contributed by atoms with Crippen LogP contribution in [0.5, 0.6) is 0 Å². The third-order valence-electron chi connectivity index (χ3n) is 3.14. The topological polar surface area (TPSA) is 32.8 Å². The van der Waals surface area contributed by atoms with Crippen LogP contribution in [0.15, 0.2) is 42.5 Å². The summed E-state index contributed by atoms with van der Waals surface area (Å²) in [5, 5.41) is 3.69. The first kappa shape index (κ1) is 15.4. The van der Waals surface area contributed by atoms with Gasteiger partial charge in [-0.15, -0.1) is 0 Å². The summed E-state index contributed by atoms with van der Waals surface area (Å²) in [6.07, 6.45) is 5.88. The monoisotopic (exact) mass is 288 g/mol. The Morgan fingerprint density at radius 1 is 1.14 bits per heavy atom. The highest BCUT2D eigenvalue weighted by Gasteiger charge is 2.26. The molecular formula is C17H24N2O2. The lowest BCUT2D eigenvalue weighted by atomic mass is 10.2. The van der Waals surface area contributed by atoms with Crippen LogP contribution in [-0.4, -0.2) is 29.8 Å². The molecule has 114 valence electrons. The van der Waals surface area contributed by atoms with E-state index in [2.05, 4.69) is 6.08 Å². The number of hydrogen-bond donors (Lipinski definition) is 0. The summed E-state index contributed by atoms with van der Waals surface area (Å²) in [5.41, 5.74) is 0.518. The van der Waals surface area contributed by atoms with Gasteiger partial charge in [-0.3, -0.25) is 5.01 Å². The number of carbonyl (C=O) groups is 1. The van der Waals surface area contributed by atoms with Gasteiger partial charge in [0.25, 0.3) is 0 Å². The third-order valence-corrected chi connectivity index (χ3v) is 3.14. The molecule has 1 amide bonds. The van der Waals surface area contributed by atoms with Gasteiger partial charge in [-0.25, -0.2) is 9.80 Å². The SMILES string of the molecule is CC(C)(C)OC(=O)N1C/C=C\CCCN1c1ccccc1. The van der Waals surface area contributed by atoms with E-state index >= 15 is 0 Å². The van der Waals surface area contributed by atoms with E-state index in [9.17, 15) is 4.79 Å². The van der Waals surface area contributed by atoms with Gasteiger partial charge in [0.1, 0.15) is 5.60 Å². The number of hydrazine groups is 1. The Hall–Kier alpha value is -1.97. The predicted octanol–water partition coefficient (Wildman–Crippen LogP) is 4.00. The lowest BCUT2D eigenvalue weighted by Gasteiger charge is -2.37. The van der Waals surface area contributed by atoms with E-state index in [1.54, 1.807) is 5.01 Å². The third kappa shape index (κ3) is 4.52. The number of carbonyl (C=O) groups excluding carboxylic acids is 1. The average Bonchev–Trinajstić information content (AvgIpc) is 2.37. The first-order valence-electron chi connectivity index (χ1n) is 7.45. The fraction of sp³-hybridized carbons (Fsp3) is 0.471. The molecule has 0 N–H and O–H groups in total. The molecule has 0 saturated carbocycles. The smallest absolute Gasteiger partial charge is 0.429 e. The second kappa shape index (κ2) is 6.66. The summed E-state index contributed by atoms with van der Waals surface area (Å²) < 4.78 is 5.54. The molecule has 1 aliphatic rings. The molecule has 1 aromatic rings. The van der Waals surface area contributed by atoms with Crippen LogP contribution in [0.3, 0.4) is 0 Å². The van der Waals surface area contributed by atoms with Crippen LogP contribution in [0, 0.1) is 0 Å². The summed E-state index contributed by atoms with van der Waals surface area (Å²) >= 11 is 0.